The molecule has 1 N–H and O–H groups in total. The first kappa shape index (κ1) is 17.3. The van der Waals surface area contributed by atoms with Crippen LogP contribution < -0.4 is 15.0 Å². The Hall–Kier alpha value is -2.56. The molecular formula is C20H25N3O2. The number of ether oxygens (including phenoxy) is 1. The molecule has 132 valence electrons. The number of pyridine rings is 1. The van der Waals surface area contributed by atoms with Crippen molar-refractivity contribution in [2.45, 2.75) is 19.3 Å². The lowest BCUT2D eigenvalue weighted by Crippen LogP contribution is -2.39. The van der Waals surface area contributed by atoms with E-state index in [-0.39, 0.29) is 5.91 Å². The van der Waals surface area contributed by atoms with Crippen LogP contribution in [0.15, 0.2) is 48.8 Å². The maximum atomic E-state index is 12.2. The second-order valence-electron chi connectivity index (χ2n) is 6.47. The maximum Gasteiger partial charge on any atom is 0.224 e. The number of aromatic nitrogens is 1. The summed E-state index contributed by atoms with van der Waals surface area (Å²) in [7, 11) is 1.64. The summed E-state index contributed by atoms with van der Waals surface area (Å²) in [5.74, 6) is 1.40. The van der Waals surface area contributed by atoms with Gasteiger partial charge in [0.05, 0.1) is 25.4 Å². The van der Waals surface area contributed by atoms with Crippen molar-refractivity contribution in [3.8, 4) is 5.75 Å². The number of benzene rings is 1. The summed E-state index contributed by atoms with van der Waals surface area (Å²) in [6.07, 6.45) is 6.29. The average Bonchev–Trinajstić information content (AvgIpc) is 2.67. The van der Waals surface area contributed by atoms with E-state index >= 15 is 0 Å². The maximum absolute atomic E-state index is 12.2. The first-order valence-electron chi connectivity index (χ1n) is 8.79. The summed E-state index contributed by atoms with van der Waals surface area (Å²) in [5.41, 5.74) is 2.16. The third kappa shape index (κ3) is 4.95. The molecular weight excluding hydrogens is 314 g/mol. The Kier molecular flexibility index (Phi) is 5.88. The van der Waals surface area contributed by atoms with Gasteiger partial charge < -0.3 is 15.0 Å². The lowest BCUT2D eigenvalue weighted by molar-refractivity contribution is -0.120. The van der Waals surface area contributed by atoms with Crippen LogP contribution in [-0.2, 0) is 11.2 Å². The number of nitrogens with zero attached hydrogens (tertiary/aromatic N) is 2. The van der Waals surface area contributed by atoms with E-state index in [0.717, 1.165) is 43.8 Å². The van der Waals surface area contributed by atoms with Crippen molar-refractivity contribution in [1.82, 2.24) is 10.3 Å². The van der Waals surface area contributed by atoms with Crippen molar-refractivity contribution in [3.05, 3.63) is 54.4 Å². The van der Waals surface area contributed by atoms with Crippen LogP contribution >= 0.6 is 0 Å². The zero-order valence-corrected chi connectivity index (χ0v) is 14.6. The Morgan fingerprint density at radius 3 is 2.84 bits per heavy atom. The molecule has 5 nitrogen and oxygen atoms in total. The van der Waals surface area contributed by atoms with Crippen LogP contribution in [0.4, 0.5) is 5.69 Å². The summed E-state index contributed by atoms with van der Waals surface area (Å²) in [4.78, 5) is 18.7. The molecule has 1 aromatic heterocycles. The number of carbonyl (C=O) groups is 1. The molecule has 0 atom stereocenters. The SMILES string of the molecule is COc1cccc(CC(=O)NCC2CCN(c3cccnc3)CC2)c1. The molecule has 1 aromatic carbocycles. The van der Waals surface area contributed by atoms with Gasteiger partial charge in [0.25, 0.3) is 0 Å². The third-order valence-corrected chi connectivity index (χ3v) is 4.71. The molecule has 0 saturated carbocycles. The van der Waals surface area contributed by atoms with Gasteiger partial charge in [-0.05, 0) is 48.6 Å². The van der Waals surface area contributed by atoms with Crippen molar-refractivity contribution < 1.29 is 9.53 Å². The second-order valence-corrected chi connectivity index (χ2v) is 6.47. The molecule has 0 radical (unpaired) electrons. The van der Waals surface area contributed by atoms with E-state index in [2.05, 4.69) is 21.3 Å². The molecule has 0 unspecified atom stereocenters. The van der Waals surface area contributed by atoms with Crippen molar-refractivity contribution in [3.63, 3.8) is 0 Å². The van der Waals surface area contributed by atoms with Crippen LogP contribution in [0.2, 0.25) is 0 Å². The van der Waals surface area contributed by atoms with Gasteiger partial charge in [0.2, 0.25) is 5.91 Å². The highest BCUT2D eigenvalue weighted by Crippen LogP contribution is 2.22. The Morgan fingerprint density at radius 1 is 1.28 bits per heavy atom. The number of carbonyl (C=O) groups excluding carboxylic acids is 1. The zero-order valence-electron chi connectivity index (χ0n) is 14.6. The van der Waals surface area contributed by atoms with Gasteiger partial charge in [-0.1, -0.05) is 12.1 Å². The van der Waals surface area contributed by atoms with Crippen LogP contribution in [0.5, 0.6) is 5.75 Å². The fraction of sp³-hybridized carbons (Fsp3) is 0.400. The van der Waals surface area contributed by atoms with Crippen molar-refractivity contribution in [1.29, 1.82) is 0 Å². The van der Waals surface area contributed by atoms with Gasteiger partial charge in [0.15, 0.2) is 0 Å². The van der Waals surface area contributed by atoms with Gasteiger partial charge in [-0.2, -0.15) is 0 Å². The monoisotopic (exact) mass is 339 g/mol. The first-order valence-corrected chi connectivity index (χ1v) is 8.79. The largest absolute Gasteiger partial charge is 0.497 e. The van der Waals surface area contributed by atoms with E-state index in [1.807, 2.05) is 36.5 Å². The van der Waals surface area contributed by atoms with Gasteiger partial charge in [-0.3, -0.25) is 9.78 Å². The lowest BCUT2D eigenvalue weighted by atomic mass is 9.96. The molecule has 3 rings (SSSR count). The number of hydrogen-bond acceptors (Lipinski definition) is 4. The smallest absolute Gasteiger partial charge is 0.224 e. The van der Waals surface area contributed by atoms with Gasteiger partial charge in [-0.25, -0.2) is 0 Å². The summed E-state index contributed by atoms with van der Waals surface area (Å²) in [6, 6.07) is 11.7. The van der Waals surface area contributed by atoms with Crippen LogP contribution in [-0.4, -0.2) is 37.6 Å². The lowest BCUT2D eigenvalue weighted by Gasteiger charge is -2.33. The van der Waals surface area contributed by atoms with Gasteiger partial charge in [-0.15, -0.1) is 0 Å². The predicted molar refractivity (Wildman–Crippen MR) is 98.9 cm³/mol. The molecule has 1 aliphatic rings. The summed E-state index contributed by atoms with van der Waals surface area (Å²) >= 11 is 0. The number of anilines is 1. The fourth-order valence-electron chi connectivity index (χ4n) is 3.22. The summed E-state index contributed by atoms with van der Waals surface area (Å²) in [6.45, 7) is 2.79. The Labute approximate surface area is 149 Å². The minimum absolute atomic E-state index is 0.0722. The molecule has 0 spiro atoms. The van der Waals surface area contributed by atoms with Crippen molar-refractivity contribution in [2.75, 3.05) is 31.6 Å². The number of hydrogen-bond donors (Lipinski definition) is 1. The molecule has 2 heterocycles. The van der Waals surface area contributed by atoms with Gasteiger partial charge >= 0.3 is 0 Å². The van der Waals surface area contributed by atoms with E-state index < -0.39 is 0 Å². The summed E-state index contributed by atoms with van der Waals surface area (Å²) < 4.78 is 5.20. The highest BCUT2D eigenvalue weighted by molar-refractivity contribution is 5.78. The van der Waals surface area contributed by atoms with Crippen LogP contribution in [0, 0.1) is 5.92 Å². The number of amides is 1. The Bertz CT molecular complexity index is 682. The van der Waals surface area contributed by atoms with Crippen LogP contribution in [0.1, 0.15) is 18.4 Å². The van der Waals surface area contributed by atoms with Gasteiger partial charge in [0.1, 0.15) is 5.75 Å². The zero-order chi connectivity index (χ0) is 17.5. The normalized spacial score (nSPS) is 15.0. The minimum atomic E-state index is 0.0722. The Morgan fingerprint density at radius 2 is 2.12 bits per heavy atom. The minimum Gasteiger partial charge on any atom is -0.497 e. The molecule has 1 saturated heterocycles. The molecule has 0 bridgehead atoms. The number of methoxy groups -OCH3 is 1. The topological polar surface area (TPSA) is 54.5 Å². The van der Waals surface area contributed by atoms with Gasteiger partial charge in [0, 0.05) is 25.8 Å². The second kappa shape index (κ2) is 8.51. The first-order chi connectivity index (χ1) is 12.2. The number of nitrogens with one attached hydrogen (secondary N) is 1. The molecule has 25 heavy (non-hydrogen) atoms. The molecule has 1 amide bonds. The number of rotatable bonds is 6. The van der Waals surface area contributed by atoms with Crippen molar-refractivity contribution >= 4 is 11.6 Å². The third-order valence-electron chi connectivity index (χ3n) is 4.71. The standard InChI is InChI=1S/C20H25N3O2/c1-25-19-6-2-4-17(12-19)13-20(24)22-14-16-7-10-23(11-8-16)18-5-3-9-21-15-18/h2-6,9,12,15-16H,7-8,10-11,13-14H2,1H3,(H,22,24). The highest BCUT2D eigenvalue weighted by atomic mass is 16.5. The molecule has 5 heteroatoms. The van der Waals surface area contributed by atoms with Crippen LogP contribution in [0.25, 0.3) is 0 Å². The molecule has 0 aliphatic carbocycles. The van der Waals surface area contributed by atoms with E-state index in [0.29, 0.717) is 12.3 Å². The quantitative estimate of drug-likeness (QED) is 0.879. The fourth-order valence-corrected chi connectivity index (χ4v) is 3.22. The molecule has 2 aromatic rings. The number of piperidine rings is 1. The van der Waals surface area contributed by atoms with E-state index in [9.17, 15) is 4.79 Å². The summed E-state index contributed by atoms with van der Waals surface area (Å²) in [5, 5.41) is 3.08. The van der Waals surface area contributed by atoms with E-state index in [1.165, 1.54) is 5.69 Å². The van der Waals surface area contributed by atoms with Crippen LogP contribution in [0.3, 0.4) is 0 Å². The average molecular weight is 339 g/mol. The Balaban J connectivity index is 1.41. The van der Waals surface area contributed by atoms with E-state index in [4.69, 9.17) is 4.74 Å². The highest BCUT2D eigenvalue weighted by Gasteiger charge is 2.20. The molecule has 1 fully saturated rings. The van der Waals surface area contributed by atoms with Crippen molar-refractivity contribution in [2.24, 2.45) is 5.92 Å². The predicted octanol–water partition coefficient (Wildman–Crippen LogP) is 2.67. The molecule has 1 aliphatic heterocycles. The van der Waals surface area contributed by atoms with E-state index in [1.54, 1.807) is 13.3 Å².